The van der Waals surface area contributed by atoms with Crippen LogP contribution in [0.4, 0.5) is 5.69 Å². The maximum atomic E-state index is 7.75. The molecule has 6 heteroatoms. The number of fused-ring (bicyclic) bond motifs is 1. The summed E-state index contributed by atoms with van der Waals surface area (Å²) >= 11 is 5.99. The summed E-state index contributed by atoms with van der Waals surface area (Å²) < 4.78 is 0. The number of halogens is 1. The Labute approximate surface area is 167 Å². The summed E-state index contributed by atoms with van der Waals surface area (Å²) in [5.41, 5.74) is 2.13. The summed E-state index contributed by atoms with van der Waals surface area (Å²) in [5, 5.41) is 5.46. The molecule has 0 atom stereocenters. The Balaban J connectivity index is -0.000000648. The largest absolute Gasteiger partial charge is 0.545 e. The summed E-state index contributed by atoms with van der Waals surface area (Å²) in [6, 6.07) is 7.93. The quantitative estimate of drug-likeness (QED) is 0.452. The van der Waals surface area contributed by atoms with Crippen LogP contribution < -0.4 is 5.32 Å². The van der Waals surface area contributed by atoms with Gasteiger partial charge in [-0.15, -0.1) is 0 Å². The van der Waals surface area contributed by atoms with Gasteiger partial charge in [0, 0.05) is 45.9 Å². The Hall–Kier alpha value is -1.42. The molecule has 1 aliphatic carbocycles. The Bertz CT molecular complexity index is 591. The van der Waals surface area contributed by atoms with Gasteiger partial charge in [-0.1, -0.05) is 24.4 Å². The van der Waals surface area contributed by atoms with Gasteiger partial charge in [-0.2, -0.15) is 0 Å². The summed E-state index contributed by atoms with van der Waals surface area (Å²) in [5.74, 6) is 0.834. The molecule has 4 nitrogen and oxygen atoms in total. The monoisotopic (exact) mass is 403 g/mol. The van der Waals surface area contributed by atoms with E-state index in [2.05, 4.69) is 23.9 Å². The van der Waals surface area contributed by atoms with Gasteiger partial charge in [-0.25, -0.2) is 0 Å². The molecule has 0 amide bonds. The minimum Gasteiger partial charge on any atom is -0.545 e. The number of carbonyl (C=O) groups excluding carboxylic acids is 2. The van der Waals surface area contributed by atoms with Gasteiger partial charge in [-0.05, 0) is 43.0 Å². The molecule has 3 rings (SSSR count). The smallest absolute Gasteiger partial charge is 0.0737 e. The van der Waals surface area contributed by atoms with Crippen LogP contribution in [0.15, 0.2) is 30.5 Å². The van der Waals surface area contributed by atoms with Crippen molar-refractivity contribution in [3.63, 3.8) is 0 Å². The van der Waals surface area contributed by atoms with Crippen molar-refractivity contribution < 1.29 is 26.7 Å². The van der Waals surface area contributed by atoms with Crippen molar-refractivity contribution in [2.24, 2.45) is 5.92 Å². The van der Waals surface area contributed by atoms with Crippen molar-refractivity contribution in [1.82, 2.24) is 4.98 Å². The second-order valence-corrected chi connectivity index (χ2v) is 5.49. The van der Waals surface area contributed by atoms with Crippen LogP contribution in [0, 0.1) is 20.8 Å². The molecule has 1 N–H and O–H groups in total. The van der Waals surface area contributed by atoms with Crippen LogP contribution in [0.1, 0.15) is 25.7 Å². The molecule has 1 saturated carbocycles. The van der Waals surface area contributed by atoms with Crippen molar-refractivity contribution in [1.29, 1.82) is 0 Å². The van der Waals surface area contributed by atoms with Crippen LogP contribution in [0.25, 0.3) is 10.9 Å². The van der Waals surface area contributed by atoms with Gasteiger partial charge in [-0.3, -0.25) is 18.6 Å². The van der Waals surface area contributed by atoms with Crippen molar-refractivity contribution in [2.75, 3.05) is 11.9 Å². The predicted octanol–water partition coefficient (Wildman–Crippen LogP) is 4.84. The predicted molar refractivity (Wildman–Crippen MR) is 104 cm³/mol. The minimum atomic E-state index is 0. The minimum absolute atomic E-state index is 0. The van der Waals surface area contributed by atoms with E-state index >= 15 is 0 Å². The Morgan fingerprint density at radius 1 is 1.08 bits per heavy atom. The van der Waals surface area contributed by atoms with Crippen LogP contribution in [0.2, 0.25) is 5.02 Å². The molecule has 141 valence electrons. The molecule has 1 fully saturated rings. The number of anilines is 1. The van der Waals surface area contributed by atoms with E-state index < -0.39 is 0 Å². The SMILES string of the molecule is Clc1ccc2c(NCC3CCCC3)ccnc2c1.[CH-]=O.[CH-]=O.[CH3-].[CH3-].[Mn]. The second-order valence-electron chi connectivity index (χ2n) is 5.05. The number of rotatable bonds is 3. The third-order valence-electron chi connectivity index (χ3n) is 3.76. The summed E-state index contributed by atoms with van der Waals surface area (Å²) in [6.45, 7) is 7.57. The molecule has 2 aromatic rings. The van der Waals surface area contributed by atoms with Gasteiger partial charge in [0.15, 0.2) is 0 Å². The van der Waals surface area contributed by atoms with E-state index in [4.69, 9.17) is 21.2 Å². The average Bonchev–Trinajstić information content (AvgIpc) is 3.10. The average molecular weight is 404 g/mol. The van der Waals surface area contributed by atoms with Gasteiger partial charge in [0.05, 0.1) is 5.52 Å². The van der Waals surface area contributed by atoms with Gasteiger partial charge in [0.25, 0.3) is 0 Å². The maximum Gasteiger partial charge on any atom is 0.0737 e. The zero-order chi connectivity index (χ0) is 16.4. The van der Waals surface area contributed by atoms with Gasteiger partial charge in [0.2, 0.25) is 0 Å². The molecule has 0 saturated heterocycles. The van der Waals surface area contributed by atoms with E-state index in [1.807, 2.05) is 30.5 Å². The Morgan fingerprint density at radius 2 is 1.68 bits per heavy atom. The Kier molecular flexibility index (Phi) is 18.2. The standard InChI is InChI=1S/C15H17ClN2.2CHO.2CH3.Mn/c16-12-5-6-13-14(7-8-17-15(13)9-12)18-10-11-3-1-2-4-11;2*1-2;;;/h5-9,11H,1-4,10H2,(H,17,18);2*1H;2*1H3;/q;4*-1;. The number of pyridine rings is 1. The topological polar surface area (TPSA) is 59.1 Å². The maximum absolute atomic E-state index is 7.75. The summed E-state index contributed by atoms with van der Waals surface area (Å²) in [7, 11) is 0. The zero-order valence-electron chi connectivity index (χ0n) is 14.7. The van der Waals surface area contributed by atoms with E-state index in [9.17, 15) is 0 Å². The molecular formula is C19H25ClMnN2O2-4. The molecule has 0 aliphatic heterocycles. The molecule has 1 aromatic heterocycles. The van der Waals surface area contributed by atoms with Crippen molar-refractivity contribution in [3.8, 4) is 0 Å². The fourth-order valence-corrected chi connectivity index (χ4v) is 2.91. The normalized spacial score (nSPS) is 12.0. The van der Waals surface area contributed by atoms with Crippen molar-refractivity contribution >= 4 is 41.8 Å². The molecular weight excluding hydrogens is 379 g/mol. The number of nitrogens with one attached hydrogen (secondary N) is 1. The van der Waals surface area contributed by atoms with E-state index in [1.165, 1.54) is 31.4 Å². The fraction of sp³-hybridized carbons (Fsp3) is 0.316. The van der Waals surface area contributed by atoms with Crippen LogP contribution >= 0.6 is 11.6 Å². The number of hydrogen-bond donors (Lipinski definition) is 1. The fourth-order valence-electron chi connectivity index (χ4n) is 2.74. The molecule has 1 aromatic carbocycles. The zero-order valence-corrected chi connectivity index (χ0v) is 16.6. The number of hydrogen-bond acceptors (Lipinski definition) is 4. The van der Waals surface area contributed by atoms with Gasteiger partial charge in [0.1, 0.15) is 0 Å². The molecule has 0 bridgehead atoms. The van der Waals surface area contributed by atoms with Crippen LogP contribution in [-0.2, 0) is 26.7 Å². The molecule has 1 aliphatic rings. The van der Waals surface area contributed by atoms with Crippen molar-refractivity contribution in [2.45, 2.75) is 25.7 Å². The second kappa shape index (κ2) is 16.1. The third kappa shape index (κ3) is 8.48. The molecule has 25 heavy (non-hydrogen) atoms. The first kappa shape index (κ1) is 28.4. The van der Waals surface area contributed by atoms with E-state index in [1.54, 1.807) is 0 Å². The van der Waals surface area contributed by atoms with Crippen LogP contribution in [0.3, 0.4) is 0 Å². The van der Waals surface area contributed by atoms with Crippen molar-refractivity contribution in [3.05, 3.63) is 50.3 Å². The van der Waals surface area contributed by atoms with Crippen LogP contribution in [-0.4, -0.2) is 25.1 Å². The molecule has 0 unspecified atom stereocenters. The van der Waals surface area contributed by atoms with Gasteiger partial charge >= 0.3 is 0 Å². The first-order chi connectivity index (χ1) is 10.8. The summed E-state index contributed by atoms with van der Waals surface area (Å²) in [6.07, 6.45) is 7.34. The third-order valence-corrected chi connectivity index (χ3v) is 4.00. The van der Waals surface area contributed by atoms with E-state index in [0.717, 1.165) is 28.4 Å². The first-order valence-electron chi connectivity index (χ1n) is 7.08. The first-order valence-corrected chi connectivity index (χ1v) is 7.46. The van der Waals surface area contributed by atoms with E-state index in [0.29, 0.717) is 0 Å². The van der Waals surface area contributed by atoms with Gasteiger partial charge < -0.3 is 29.8 Å². The number of nitrogens with zero attached hydrogens (tertiary/aromatic N) is 1. The number of aromatic nitrogens is 1. The number of benzene rings is 1. The Morgan fingerprint density at radius 3 is 2.28 bits per heavy atom. The van der Waals surface area contributed by atoms with Crippen LogP contribution in [0.5, 0.6) is 0 Å². The summed E-state index contributed by atoms with van der Waals surface area (Å²) in [4.78, 5) is 19.9. The molecule has 0 spiro atoms. The molecule has 1 heterocycles. The van der Waals surface area contributed by atoms with E-state index in [-0.39, 0.29) is 31.9 Å². The molecule has 1 radical (unpaired) electrons.